The van der Waals surface area contributed by atoms with E-state index in [9.17, 15) is 9.18 Å². The number of amides is 1. The number of carbonyl (C=O) groups is 1. The lowest BCUT2D eigenvalue weighted by molar-refractivity contribution is 0.0948. The molecule has 0 aromatic heterocycles. The second-order valence-corrected chi connectivity index (χ2v) is 8.93. The summed E-state index contributed by atoms with van der Waals surface area (Å²) in [5, 5.41) is 0.698. The van der Waals surface area contributed by atoms with E-state index in [0.29, 0.717) is 10.6 Å². The highest BCUT2D eigenvalue weighted by Crippen LogP contribution is 2.50. The quantitative estimate of drug-likeness (QED) is 0.467. The van der Waals surface area contributed by atoms with Gasteiger partial charge in [-0.25, -0.2) is 4.39 Å². The number of para-hydroxylation sites is 1. The van der Waals surface area contributed by atoms with Crippen molar-refractivity contribution in [3.05, 3.63) is 100 Å². The SMILES string of the molecule is CC1(C)C[C@](C)(c2ccc(Cl)cc2)c2ccccc2N1C(=O)c1cccc(F)c1. The standard InChI is InChI=1S/C25H23ClFNO/c1-24(2)16-25(3,18-11-13-19(26)14-12-18)21-9-4-5-10-22(21)28(24)23(29)17-7-6-8-20(27)15-17/h4-15H,16H2,1-3H3/t25-/m1/s1. The molecule has 1 aliphatic rings. The van der Waals surface area contributed by atoms with E-state index in [0.717, 1.165) is 23.2 Å². The van der Waals surface area contributed by atoms with Crippen LogP contribution in [0.2, 0.25) is 5.02 Å². The highest BCUT2D eigenvalue weighted by atomic mass is 35.5. The zero-order valence-electron chi connectivity index (χ0n) is 16.7. The van der Waals surface area contributed by atoms with E-state index >= 15 is 0 Å². The van der Waals surface area contributed by atoms with Crippen LogP contribution in [0.25, 0.3) is 0 Å². The van der Waals surface area contributed by atoms with Crippen molar-refractivity contribution in [3.8, 4) is 0 Å². The van der Waals surface area contributed by atoms with E-state index in [2.05, 4.69) is 39.0 Å². The van der Waals surface area contributed by atoms with Gasteiger partial charge >= 0.3 is 0 Å². The molecule has 0 N–H and O–H groups in total. The lowest BCUT2D eigenvalue weighted by atomic mass is 9.65. The molecule has 0 saturated carbocycles. The molecule has 0 aliphatic carbocycles. The number of carbonyl (C=O) groups excluding carboxylic acids is 1. The van der Waals surface area contributed by atoms with Gasteiger partial charge in [0.2, 0.25) is 0 Å². The molecule has 2 nitrogen and oxygen atoms in total. The van der Waals surface area contributed by atoms with Crippen LogP contribution in [0.1, 0.15) is 48.7 Å². The first-order valence-electron chi connectivity index (χ1n) is 9.68. The third kappa shape index (κ3) is 3.34. The molecule has 0 radical (unpaired) electrons. The van der Waals surface area contributed by atoms with Gasteiger partial charge in [-0.3, -0.25) is 4.79 Å². The molecule has 0 unspecified atom stereocenters. The Labute approximate surface area is 175 Å². The normalized spacial score (nSPS) is 20.2. The summed E-state index contributed by atoms with van der Waals surface area (Å²) in [6, 6.07) is 21.8. The van der Waals surface area contributed by atoms with Gasteiger partial charge in [-0.2, -0.15) is 0 Å². The number of hydrogen-bond donors (Lipinski definition) is 0. The van der Waals surface area contributed by atoms with Gasteiger partial charge in [-0.1, -0.05) is 54.9 Å². The Bertz CT molecular complexity index is 1080. The van der Waals surface area contributed by atoms with Gasteiger partial charge in [0.1, 0.15) is 5.82 Å². The van der Waals surface area contributed by atoms with Gasteiger partial charge in [-0.15, -0.1) is 0 Å². The molecule has 0 bridgehead atoms. The van der Waals surface area contributed by atoms with Crippen molar-refractivity contribution in [3.63, 3.8) is 0 Å². The molecule has 3 aromatic carbocycles. The van der Waals surface area contributed by atoms with Crippen molar-refractivity contribution in [1.82, 2.24) is 0 Å². The number of fused-ring (bicyclic) bond motifs is 1. The topological polar surface area (TPSA) is 20.3 Å². The van der Waals surface area contributed by atoms with Crippen LogP contribution in [0.3, 0.4) is 0 Å². The van der Waals surface area contributed by atoms with Crippen LogP contribution < -0.4 is 4.90 Å². The average molecular weight is 408 g/mol. The molecule has 1 heterocycles. The van der Waals surface area contributed by atoms with Crippen LogP contribution in [0.5, 0.6) is 0 Å². The molecule has 1 atom stereocenters. The summed E-state index contributed by atoms with van der Waals surface area (Å²) in [6.07, 6.45) is 0.722. The van der Waals surface area contributed by atoms with Crippen molar-refractivity contribution in [2.45, 2.75) is 38.1 Å². The highest BCUT2D eigenvalue weighted by Gasteiger charge is 2.47. The molecule has 0 saturated heterocycles. The number of hydrogen-bond acceptors (Lipinski definition) is 1. The Morgan fingerprint density at radius 3 is 2.34 bits per heavy atom. The minimum absolute atomic E-state index is 0.194. The summed E-state index contributed by atoms with van der Waals surface area (Å²) < 4.78 is 13.8. The molecule has 4 rings (SSSR count). The van der Waals surface area contributed by atoms with Gasteiger partial charge in [0.05, 0.1) is 0 Å². The first-order valence-corrected chi connectivity index (χ1v) is 10.1. The van der Waals surface area contributed by atoms with Crippen LogP contribution >= 0.6 is 11.6 Å². The third-order valence-electron chi connectivity index (χ3n) is 5.89. The molecule has 0 fully saturated rings. The van der Waals surface area contributed by atoms with Crippen molar-refractivity contribution >= 4 is 23.2 Å². The smallest absolute Gasteiger partial charge is 0.258 e. The number of benzene rings is 3. The number of halogens is 2. The molecular weight excluding hydrogens is 385 g/mol. The summed E-state index contributed by atoms with van der Waals surface area (Å²) in [5.41, 5.74) is 2.67. The first kappa shape index (κ1) is 19.7. The number of nitrogens with zero attached hydrogens (tertiary/aromatic N) is 1. The van der Waals surface area contributed by atoms with Crippen molar-refractivity contribution in [2.24, 2.45) is 0 Å². The summed E-state index contributed by atoms with van der Waals surface area (Å²) in [5.74, 6) is -0.606. The molecule has 148 valence electrons. The van der Waals surface area contributed by atoms with Crippen LogP contribution in [0.15, 0.2) is 72.8 Å². The Morgan fingerprint density at radius 1 is 0.966 bits per heavy atom. The molecule has 29 heavy (non-hydrogen) atoms. The number of rotatable bonds is 2. The van der Waals surface area contributed by atoms with Crippen LogP contribution in [-0.4, -0.2) is 11.4 Å². The second kappa shape index (κ2) is 7.00. The van der Waals surface area contributed by atoms with Crippen LogP contribution in [-0.2, 0) is 5.41 Å². The predicted octanol–water partition coefficient (Wildman–Crippen LogP) is 6.61. The Hall–Kier alpha value is -2.65. The van der Waals surface area contributed by atoms with Gasteiger partial charge in [0, 0.05) is 27.2 Å². The van der Waals surface area contributed by atoms with Crippen LogP contribution in [0, 0.1) is 5.82 Å². The molecule has 4 heteroatoms. The monoisotopic (exact) mass is 407 g/mol. The highest BCUT2D eigenvalue weighted by molar-refractivity contribution is 6.30. The predicted molar refractivity (Wildman–Crippen MR) is 116 cm³/mol. The van der Waals surface area contributed by atoms with Gasteiger partial charge in [-0.05, 0) is 67.8 Å². The van der Waals surface area contributed by atoms with Gasteiger partial charge < -0.3 is 4.90 Å². The van der Waals surface area contributed by atoms with E-state index in [1.807, 2.05) is 35.2 Å². The second-order valence-electron chi connectivity index (χ2n) is 8.50. The van der Waals surface area contributed by atoms with E-state index in [1.54, 1.807) is 12.1 Å². The molecule has 1 amide bonds. The first-order chi connectivity index (χ1) is 13.7. The molecule has 0 spiro atoms. The lowest BCUT2D eigenvalue weighted by Crippen LogP contribution is -2.55. The molecular formula is C25H23ClFNO. The van der Waals surface area contributed by atoms with Crippen LogP contribution in [0.4, 0.5) is 10.1 Å². The number of anilines is 1. The zero-order valence-corrected chi connectivity index (χ0v) is 17.5. The van der Waals surface area contributed by atoms with Gasteiger partial charge in [0.15, 0.2) is 0 Å². The summed E-state index contributed by atoms with van der Waals surface area (Å²) in [7, 11) is 0. The summed E-state index contributed by atoms with van der Waals surface area (Å²) >= 11 is 6.11. The van der Waals surface area contributed by atoms with Gasteiger partial charge in [0.25, 0.3) is 5.91 Å². The molecule has 3 aromatic rings. The minimum Gasteiger partial charge on any atom is -0.302 e. The maximum Gasteiger partial charge on any atom is 0.258 e. The zero-order chi connectivity index (χ0) is 20.8. The Balaban J connectivity index is 1.88. The lowest BCUT2D eigenvalue weighted by Gasteiger charge is -2.51. The van der Waals surface area contributed by atoms with E-state index in [1.165, 1.54) is 12.1 Å². The third-order valence-corrected chi connectivity index (χ3v) is 6.14. The maximum absolute atomic E-state index is 13.8. The average Bonchev–Trinajstić information content (AvgIpc) is 2.67. The molecule has 1 aliphatic heterocycles. The largest absolute Gasteiger partial charge is 0.302 e. The summed E-state index contributed by atoms with van der Waals surface area (Å²) in [6.45, 7) is 6.34. The fourth-order valence-corrected chi connectivity index (χ4v) is 4.84. The summed E-state index contributed by atoms with van der Waals surface area (Å²) in [4.78, 5) is 15.3. The van der Waals surface area contributed by atoms with E-state index in [-0.39, 0.29) is 11.3 Å². The fourth-order valence-electron chi connectivity index (χ4n) is 4.71. The minimum atomic E-state index is -0.480. The fraction of sp³-hybridized carbons (Fsp3) is 0.240. The van der Waals surface area contributed by atoms with Crippen molar-refractivity contribution in [2.75, 3.05) is 4.90 Å². The van der Waals surface area contributed by atoms with E-state index in [4.69, 9.17) is 11.6 Å². The van der Waals surface area contributed by atoms with Crippen molar-refractivity contribution < 1.29 is 9.18 Å². The Kier molecular flexibility index (Phi) is 4.74. The maximum atomic E-state index is 13.8. The Morgan fingerprint density at radius 2 is 1.66 bits per heavy atom. The van der Waals surface area contributed by atoms with E-state index < -0.39 is 11.4 Å². The van der Waals surface area contributed by atoms with Crippen molar-refractivity contribution in [1.29, 1.82) is 0 Å².